The zero-order valence-electron chi connectivity index (χ0n) is 15.7. The summed E-state index contributed by atoms with van der Waals surface area (Å²) < 4.78 is 10.6. The van der Waals surface area contributed by atoms with Gasteiger partial charge in [0.1, 0.15) is 17.4 Å². The number of carbonyl (C=O) groups excluding carboxylic acids is 5. The Bertz CT molecular complexity index is 885. The number of hydrogen-bond acceptors (Lipinski definition) is 7. The van der Waals surface area contributed by atoms with Gasteiger partial charge in [-0.15, -0.1) is 0 Å². The topological polar surface area (TPSA) is 119 Å². The van der Waals surface area contributed by atoms with Gasteiger partial charge >= 0.3 is 5.97 Å². The number of piperidine rings is 1. The smallest absolute Gasteiger partial charge is 0.344 e. The van der Waals surface area contributed by atoms with Crippen molar-refractivity contribution in [2.75, 3.05) is 6.61 Å². The highest BCUT2D eigenvalue weighted by Gasteiger charge is 2.46. The molecule has 148 valence electrons. The van der Waals surface area contributed by atoms with E-state index < -0.39 is 47.8 Å². The van der Waals surface area contributed by atoms with Crippen molar-refractivity contribution in [3.63, 3.8) is 0 Å². The Hall–Kier alpha value is -3.23. The van der Waals surface area contributed by atoms with Crippen LogP contribution in [0.2, 0.25) is 0 Å². The maximum absolute atomic E-state index is 12.9. The largest absolute Gasteiger partial charge is 0.481 e. The molecule has 1 N–H and O–H groups in total. The first-order valence-electron chi connectivity index (χ1n) is 8.78. The summed E-state index contributed by atoms with van der Waals surface area (Å²) in [7, 11) is 0. The predicted octanol–water partition coefficient (Wildman–Crippen LogP) is 0.808. The second-order valence-electron chi connectivity index (χ2n) is 7.50. The summed E-state index contributed by atoms with van der Waals surface area (Å²) in [5.74, 6) is -3.05. The Kier molecular flexibility index (Phi) is 4.93. The molecule has 3 rings (SSSR count). The van der Waals surface area contributed by atoms with Gasteiger partial charge in [-0.05, 0) is 39.3 Å². The molecule has 9 nitrogen and oxygen atoms in total. The highest BCUT2D eigenvalue weighted by atomic mass is 16.6. The normalized spacial score (nSPS) is 19.4. The van der Waals surface area contributed by atoms with Crippen molar-refractivity contribution in [3.8, 4) is 5.75 Å². The Labute approximate surface area is 161 Å². The fourth-order valence-corrected chi connectivity index (χ4v) is 3.11. The third-order valence-electron chi connectivity index (χ3n) is 4.20. The zero-order chi connectivity index (χ0) is 20.6. The van der Waals surface area contributed by atoms with Crippen LogP contribution in [0, 0.1) is 0 Å². The standard InChI is InChI=1S/C19H20N2O7/c1-19(2,3)28-14(23)9-27-12-6-4-5-10-15(12)18(26)21(17(10)25)11-7-8-13(22)20-16(11)24/h4-6,11H,7-9H2,1-3H3,(H,20,22,24). The molecule has 1 aromatic carbocycles. The summed E-state index contributed by atoms with van der Waals surface area (Å²) >= 11 is 0. The highest BCUT2D eigenvalue weighted by Crippen LogP contribution is 2.33. The average Bonchev–Trinajstić information content (AvgIpc) is 2.84. The summed E-state index contributed by atoms with van der Waals surface area (Å²) in [4.78, 5) is 61.7. The van der Waals surface area contributed by atoms with Crippen LogP contribution < -0.4 is 10.1 Å². The molecule has 4 amide bonds. The zero-order valence-corrected chi connectivity index (χ0v) is 15.7. The molecule has 0 radical (unpaired) electrons. The van der Waals surface area contributed by atoms with Gasteiger partial charge < -0.3 is 9.47 Å². The number of benzene rings is 1. The molecule has 0 spiro atoms. The highest BCUT2D eigenvalue weighted by molar-refractivity contribution is 6.24. The molecule has 1 unspecified atom stereocenters. The van der Waals surface area contributed by atoms with Crippen molar-refractivity contribution in [1.82, 2.24) is 10.2 Å². The molecule has 0 aromatic heterocycles. The van der Waals surface area contributed by atoms with Gasteiger partial charge in [-0.3, -0.25) is 29.4 Å². The number of amides is 4. The van der Waals surface area contributed by atoms with Crippen molar-refractivity contribution < 1.29 is 33.4 Å². The number of nitrogens with one attached hydrogen (secondary N) is 1. The van der Waals surface area contributed by atoms with Gasteiger partial charge in [0.05, 0.1) is 11.1 Å². The minimum atomic E-state index is -1.07. The van der Waals surface area contributed by atoms with Gasteiger partial charge in [0.15, 0.2) is 6.61 Å². The van der Waals surface area contributed by atoms with Crippen LogP contribution in [0.15, 0.2) is 18.2 Å². The molecule has 1 aromatic rings. The molecule has 1 fully saturated rings. The summed E-state index contributed by atoms with van der Waals surface area (Å²) in [6.07, 6.45) is 0.0933. The lowest BCUT2D eigenvalue weighted by atomic mass is 10.0. The second-order valence-corrected chi connectivity index (χ2v) is 7.50. The van der Waals surface area contributed by atoms with Gasteiger partial charge in [0.2, 0.25) is 11.8 Å². The van der Waals surface area contributed by atoms with Crippen LogP contribution in [0.4, 0.5) is 0 Å². The van der Waals surface area contributed by atoms with E-state index in [9.17, 15) is 24.0 Å². The van der Waals surface area contributed by atoms with Crippen molar-refractivity contribution in [2.45, 2.75) is 45.3 Å². The first-order chi connectivity index (χ1) is 13.1. The van der Waals surface area contributed by atoms with Crippen molar-refractivity contribution in [2.24, 2.45) is 0 Å². The van der Waals surface area contributed by atoms with E-state index in [-0.39, 0.29) is 29.7 Å². The second kappa shape index (κ2) is 7.06. The number of hydrogen-bond donors (Lipinski definition) is 1. The maximum atomic E-state index is 12.9. The molecular weight excluding hydrogens is 368 g/mol. The monoisotopic (exact) mass is 388 g/mol. The van der Waals surface area contributed by atoms with E-state index in [4.69, 9.17) is 9.47 Å². The molecular formula is C19H20N2O7. The molecule has 28 heavy (non-hydrogen) atoms. The molecule has 2 aliphatic heterocycles. The number of carbonyl (C=O) groups is 5. The third-order valence-corrected chi connectivity index (χ3v) is 4.20. The van der Waals surface area contributed by atoms with Crippen LogP contribution in [0.3, 0.4) is 0 Å². The van der Waals surface area contributed by atoms with Crippen LogP contribution in [0.5, 0.6) is 5.75 Å². The first kappa shape index (κ1) is 19.5. The van der Waals surface area contributed by atoms with E-state index in [1.54, 1.807) is 20.8 Å². The van der Waals surface area contributed by atoms with Gasteiger partial charge in [-0.25, -0.2) is 4.79 Å². The molecule has 9 heteroatoms. The Balaban J connectivity index is 1.81. The van der Waals surface area contributed by atoms with Crippen LogP contribution in [-0.2, 0) is 19.1 Å². The van der Waals surface area contributed by atoms with Gasteiger partial charge in [-0.1, -0.05) is 6.07 Å². The van der Waals surface area contributed by atoms with E-state index in [0.29, 0.717) is 0 Å². The molecule has 1 atom stereocenters. The summed E-state index contributed by atoms with van der Waals surface area (Å²) in [5.41, 5.74) is -0.620. The number of fused-ring (bicyclic) bond motifs is 1. The van der Waals surface area contributed by atoms with Crippen molar-refractivity contribution >= 4 is 29.6 Å². The summed E-state index contributed by atoms with van der Waals surface area (Å²) in [6.45, 7) is 4.70. The first-order valence-corrected chi connectivity index (χ1v) is 8.78. The van der Waals surface area contributed by atoms with Gasteiger partial charge in [-0.2, -0.15) is 0 Å². The number of esters is 1. The van der Waals surface area contributed by atoms with E-state index in [0.717, 1.165) is 4.90 Å². The minimum Gasteiger partial charge on any atom is -0.481 e. The maximum Gasteiger partial charge on any atom is 0.344 e. The molecule has 1 saturated heterocycles. The Morgan fingerprint density at radius 3 is 2.54 bits per heavy atom. The van der Waals surface area contributed by atoms with Crippen molar-refractivity contribution in [1.29, 1.82) is 0 Å². The third kappa shape index (κ3) is 3.73. The molecule has 0 bridgehead atoms. The molecule has 0 saturated carbocycles. The van der Waals surface area contributed by atoms with E-state index >= 15 is 0 Å². The fraction of sp³-hybridized carbons (Fsp3) is 0.421. The van der Waals surface area contributed by atoms with Crippen LogP contribution in [-0.4, -0.2) is 52.7 Å². The molecule has 0 aliphatic carbocycles. The summed E-state index contributed by atoms with van der Waals surface area (Å²) in [5, 5.41) is 2.13. The number of nitrogens with zero attached hydrogens (tertiary/aromatic N) is 1. The van der Waals surface area contributed by atoms with E-state index in [1.165, 1.54) is 18.2 Å². The minimum absolute atomic E-state index is 0.0132. The Morgan fingerprint density at radius 2 is 1.89 bits per heavy atom. The lowest BCUT2D eigenvalue weighted by molar-refractivity contribution is -0.157. The summed E-state index contributed by atoms with van der Waals surface area (Å²) in [6, 6.07) is 3.36. The van der Waals surface area contributed by atoms with E-state index in [2.05, 4.69) is 5.32 Å². The predicted molar refractivity (Wildman–Crippen MR) is 94.5 cm³/mol. The number of imide groups is 2. The van der Waals surface area contributed by atoms with Crippen molar-refractivity contribution in [3.05, 3.63) is 29.3 Å². The Morgan fingerprint density at radius 1 is 1.18 bits per heavy atom. The van der Waals surface area contributed by atoms with E-state index in [1.807, 2.05) is 0 Å². The quantitative estimate of drug-likeness (QED) is 0.599. The number of ether oxygens (including phenoxy) is 2. The fourth-order valence-electron chi connectivity index (χ4n) is 3.11. The van der Waals surface area contributed by atoms with Crippen LogP contribution in [0.25, 0.3) is 0 Å². The van der Waals surface area contributed by atoms with Crippen LogP contribution in [0.1, 0.15) is 54.3 Å². The number of rotatable bonds is 4. The average molecular weight is 388 g/mol. The molecule has 2 aliphatic rings. The van der Waals surface area contributed by atoms with Crippen LogP contribution >= 0.6 is 0 Å². The van der Waals surface area contributed by atoms with Gasteiger partial charge in [0, 0.05) is 6.42 Å². The lowest BCUT2D eigenvalue weighted by Gasteiger charge is -2.27. The SMILES string of the molecule is CC(C)(C)OC(=O)COc1cccc2c1C(=O)N(C1CCC(=O)NC1=O)C2=O. The lowest BCUT2D eigenvalue weighted by Crippen LogP contribution is -2.54. The van der Waals surface area contributed by atoms with Gasteiger partial charge in [0.25, 0.3) is 11.8 Å². The molecule has 2 heterocycles.